The highest BCUT2D eigenvalue weighted by molar-refractivity contribution is 7.90. The molecule has 7 nitrogen and oxygen atoms in total. The first-order valence-corrected chi connectivity index (χ1v) is 10.9. The third-order valence-electron chi connectivity index (χ3n) is 3.68. The molecule has 140 valence electrons. The van der Waals surface area contributed by atoms with Gasteiger partial charge in [0, 0.05) is 32.5 Å². The van der Waals surface area contributed by atoms with Gasteiger partial charge in [0.25, 0.3) is 5.91 Å². The fourth-order valence-electron chi connectivity index (χ4n) is 2.14. The van der Waals surface area contributed by atoms with Crippen molar-refractivity contribution in [1.29, 1.82) is 0 Å². The molecule has 0 spiro atoms. The van der Waals surface area contributed by atoms with Gasteiger partial charge in [-0.15, -0.1) is 0 Å². The number of amides is 1. The summed E-state index contributed by atoms with van der Waals surface area (Å²) < 4.78 is 48.3. The van der Waals surface area contributed by atoms with E-state index in [1.54, 1.807) is 12.1 Å². The Balaban J connectivity index is 2.09. The summed E-state index contributed by atoms with van der Waals surface area (Å²) >= 11 is 0. The van der Waals surface area contributed by atoms with Crippen LogP contribution in [0.2, 0.25) is 0 Å². The molecule has 1 amide bonds. The lowest BCUT2D eigenvalue weighted by atomic mass is 10.2. The van der Waals surface area contributed by atoms with Crippen LogP contribution >= 0.6 is 0 Å². The van der Waals surface area contributed by atoms with E-state index in [0.29, 0.717) is 0 Å². The molecule has 2 aromatic rings. The minimum atomic E-state index is -3.50. The van der Waals surface area contributed by atoms with Gasteiger partial charge in [-0.1, -0.05) is 18.2 Å². The van der Waals surface area contributed by atoms with Crippen LogP contribution in [-0.2, 0) is 26.4 Å². The number of carbonyl (C=O) groups is 1. The average Bonchev–Trinajstić information content (AvgIpc) is 2.59. The van der Waals surface area contributed by atoms with Crippen molar-refractivity contribution in [2.24, 2.45) is 0 Å². The SMILES string of the molecule is CN(C)S(=O)(=O)c1ccc(CNC(=O)c2cccc(S(C)(=O)=O)c2)cc1. The van der Waals surface area contributed by atoms with Crippen molar-refractivity contribution in [1.82, 2.24) is 9.62 Å². The Labute approximate surface area is 153 Å². The molecule has 2 aromatic carbocycles. The summed E-state index contributed by atoms with van der Waals surface area (Å²) in [5.74, 6) is -0.416. The zero-order valence-electron chi connectivity index (χ0n) is 14.6. The highest BCUT2D eigenvalue weighted by Crippen LogP contribution is 2.14. The van der Waals surface area contributed by atoms with E-state index in [9.17, 15) is 21.6 Å². The molecule has 0 atom stereocenters. The summed E-state index contributed by atoms with van der Waals surface area (Å²) in [5.41, 5.74) is 0.954. The van der Waals surface area contributed by atoms with Crippen LogP contribution in [-0.4, -0.2) is 47.4 Å². The molecule has 0 heterocycles. The quantitative estimate of drug-likeness (QED) is 0.792. The molecule has 0 aliphatic carbocycles. The molecule has 0 fully saturated rings. The fourth-order valence-corrected chi connectivity index (χ4v) is 3.71. The van der Waals surface area contributed by atoms with Crippen molar-refractivity contribution in [3.63, 3.8) is 0 Å². The third kappa shape index (κ3) is 4.69. The summed E-state index contributed by atoms with van der Waals surface area (Å²) in [6, 6.07) is 12.0. The van der Waals surface area contributed by atoms with Gasteiger partial charge in [0.05, 0.1) is 9.79 Å². The molecule has 1 N–H and O–H groups in total. The largest absolute Gasteiger partial charge is 0.348 e. The number of benzene rings is 2. The van der Waals surface area contributed by atoms with Crippen molar-refractivity contribution in [3.05, 3.63) is 59.7 Å². The van der Waals surface area contributed by atoms with Crippen molar-refractivity contribution >= 4 is 25.8 Å². The first-order chi connectivity index (χ1) is 12.0. The predicted molar refractivity (Wildman–Crippen MR) is 98.0 cm³/mol. The van der Waals surface area contributed by atoms with E-state index in [0.717, 1.165) is 16.1 Å². The number of sulfone groups is 1. The number of rotatable bonds is 6. The molecular formula is C17H20N2O5S2. The molecule has 2 rings (SSSR count). The van der Waals surface area contributed by atoms with Gasteiger partial charge in [0.2, 0.25) is 10.0 Å². The second-order valence-corrected chi connectivity index (χ2v) is 10.1. The van der Waals surface area contributed by atoms with Crippen LogP contribution in [0, 0.1) is 0 Å². The predicted octanol–water partition coefficient (Wildman–Crippen LogP) is 1.27. The van der Waals surface area contributed by atoms with Crippen LogP contribution in [0.1, 0.15) is 15.9 Å². The second kappa shape index (κ2) is 7.56. The van der Waals surface area contributed by atoms with Gasteiger partial charge in [0.1, 0.15) is 0 Å². The van der Waals surface area contributed by atoms with Crippen molar-refractivity contribution < 1.29 is 21.6 Å². The molecule has 0 saturated heterocycles. The van der Waals surface area contributed by atoms with E-state index in [1.165, 1.54) is 50.5 Å². The summed E-state index contributed by atoms with van der Waals surface area (Å²) in [6.45, 7) is 0.185. The van der Waals surface area contributed by atoms with Gasteiger partial charge in [-0.2, -0.15) is 0 Å². The topological polar surface area (TPSA) is 101 Å². The normalized spacial score (nSPS) is 12.2. The highest BCUT2D eigenvalue weighted by atomic mass is 32.2. The third-order valence-corrected chi connectivity index (χ3v) is 6.62. The van der Waals surface area contributed by atoms with Gasteiger partial charge in [-0.05, 0) is 35.9 Å². The van der Waals surface area contributed by atoms with Crippen LogP contribution in [0.4, 0.5) is 0 Å². The molecule has 0 radical (unpaired) electrons. The van der Waals surface area contributed by atoms with E-state index < -0.39 is 25.8 Å². The number of nitrogens with zero attached hydrogens (tertiary/aromatic N) is 1. The molecule has 0 saturated carbocycles. The molecule has 0 unspecified atom stereocenters. The lowest BCUT2D eigenvalue weighted by Gasteiger charge is -2.12. The van der Waals surface area contributed by atoms with E-state index in [-0.39, 0.29) is 21.9 Å². The Morgan fingerprint density at radius 1 is 0.962 bits per heavy atom. The second-order valence-electron chi connectivity index (χ2n) is 5.91. The Morgan fingerprint density at radius 3 is 2.12 bits per heavy atom. The summed E-state index contributed by atoms with van der Waals surface area (Å²) in [5, 5.41) is 2.68. The Morgan fingerprint density at radius 2 is 1.58 bits per heavy atom. The lowest BCUT2D eigenvalue weighted by Crippen LogP contribution is -2.23. The molecule has 0 aromatic heterocycles. The fraction of sp³-hybridized carbons (Fsp3) is 0.235. The van der Waals surface area contributed by atoms with Gasteiger partial charge in [-0.25, -0.2) is 21.1 Å². The number of carbonyl (C=O) groups excluding carboxylic acids is 1. The summed E-state index contributed by atoms with van der Waals surface area (Å²) in [7, 11) is -3.99. The van der Waals surface area contributed by atoms with Crippen LogP contribution in [0.25, 0.3) is 0 Å². The lowest BCUT2D eigenvalue weighted by molar-refractivity contribution is 0.0950. The zero-order chi connectivity index (χ0) is 19.5. The number of sulfonamides is 1. The first kappa shape index (κ1) is 20.1. The Bertz CT molecular complexity index is 1010. The van der Waals surface area contributed by atoms with E-state index in [4.69, 9.17) is 0 Å². The minimum Gasteiger partial charge on any atom is -0.348 e. The zero-order valence-corrected chi connectivity index (χ0v) is 16.3. The number of hydrogen-bond donors (Lipinski definition) is 1. The van der Waals surface area contributed by atoms with E-state index >= 15 is 0 Å². The van der Waals surface area contributed by atoms with Crippen molar-refractivity contribution in [2.45, 2.75) is 16.3 Å². The summed E-state index contributed by atoms with van der Waals surface area (Å²) in [4.78, 5) is 12.4. The number of hydrogen-bond acceptors (Lipinski definition) is 5. The Hall–Kier alpha value is -2.23. The van der Waals surface area contributed by atoms with Crippen LogP contribution in [0.15, 0.2) is 58.3 Å². The van der Waals surface area contributed by atoms with Gasteiger partial charge >= 0.3 is 0 Å². The van der Waals surface area contributed by atoms with Crippen LogP contribution in [0.5, 0.6) is 0 Å². The van der Waals surface area contributed by atoms with Crippen molar-refractivity contribution in [2.75, 3.05) is 20.4 Å². The van der Waals surface area contributed by atoms with Crippen LogP contribution in [0.3, 0.4) is 0 Å². The van der Waals surface area contributed by atoms with Crippen LogP contribution < -0.4 is 5.32 Å². The van der Waals surface area contributed by atoms with Gasteiger partial charge in [0.15, 0.2) is 9.84 Å². The molecule has 0 aliphatic heterocycles. The smallest absolute Gasteiger partial charge is 0.251 e. The number of nitrogens with one attached hydrogen (secondary N) is 1. The maximum Gasteiger partial charge on any atom is 0.251 e. The minimum absolute atomic E-state index is 0.0726. The Kier molecular flexibility index (Phi) is 5.84. The average molecular weight is 396 g/mol. The van der Waals surface area contributed by atoms with E-state index in [1.807, 2.05) is 0 Å². The molecule has 0 bridgehead atoms. The van der Waals surface area contributed by atoms with Gasteiger partial charge in [-0.3, -0.25) is 4.79 Å². The molecule has 26 heavy (non-hydrogen) atoms. The molecular weight excluding hydrogens is 376 g/mol. The molecule has 9 heteroatoms. The molecule has 0 aliphatic rings. The standard InChI is InChI=1S/C17H20N2O5S2/c1-19(2)26(23,24)15-9-7-13(8-10-15)12-18-17(20)14-5-4-6-16(11-14)25(3,21)22/h4-11H,12H2,1-3H3,(H,18,20). The maximum atomic E-state index is 12.2. The van der Waals surface area contributed by atoms with E-state index in [2.05, 4.69) is 5.32 Å². The maximum absolute atomic E-state index is 12.2. The first-order valence-electron chi connectivity index (χ1n) is 7.61. The van der Waals surface area contributed by atoms with Crippen molar-refractivity contribution in [3.8, 4) is 0 Å². The van der Waals surface area contributed by atoms with Gasteiger partial charge < -0.3 is 5.32 Å². The summed E-state index contributed by atoms with van der Waals surface area (Å²) in [6.07, 6.45) is 1.08. The highest BCUT2D eigenvalue weighted by Gasteiger charge is 2.16. The monoisotopic (exact) mass is 396 g/mol.